The number of carbonyl (C=O) groups is 2. The van der Waals surface area contributed by atoms with Crippen LogP contribution in [0.1, 0.15) is 35.5 Å². The van der Waals surface area contributed by atoms with Crippen molar-refractivity contribution >= 4 is 11.8 Å². The van der Waals surface area contributed by atoms with Crippen molar-refractivity contribution < 1.29 is 18.7 Å². The van der Waals surface area contributed by atoms with Crippen LogP contribution in [0, 0.1) is 6.92 Å². The van der Waals surface area contributed by atoms with Crippen molar-refractivity contribution in [3.63, 3.8) is 0 Å². The van der Waals surface area contributed by atoms with Crippen LogP contribution in [0.5, 0.6) is 0 Å². The molecule has 2 fully saturated rings. The van der Waals surface area contributed by atoms with Gasteiger partial charge in [0.2, 0.25) is 5.91 Å². The largest absolute Gasteiger partial charge is 0.460 e. The molecule has 27 heavy (non-hydrogen) atoms. The van der Waals surface area contributed by atoms with Crippen molar-refractivity contribution in [2.24, 2.45) is 0 Å². The number of ether oxygens (including phenoxy) is 1. The first-order valence-corrected chi connectivity index (χ1v) is 9.40. The van der Waals surface area contributed by atoms with E-state index < -0.39 is 0 Å². The Morgan fingerprint density at radius 1 is 1.26 bits per heavy atom. The Morgan fingerprint density at radius 3 is 2.81 bits per heavy atom. The van der Waals surface area contributed by atoms with Crippen LogP contribution in [0.2, 0.25) is 0 Å². The van der Waals surface area contributed by atoms with Crippen molar-refractivity contribution in [2.45, 2.75) is 32.2 Å². The number of amides is 2. The quantitative estimate of drug-likeness (QED) is 0.884. The number of carbonyl (C=O) groups excluding carboxylic acids is 2. The number of rotatable bonds is 4. The van der Waals surface area contributed by atoms with Gasteiger partial charge in [0.15, 0.2) is 11.5 Å². The molecule has 2 aromatic heterocycles. The van der Waals surface area contributed by atoms with Crippen molar-refractivity contribution in [1.82, 2.24) is 20.0 Å². The summed E-state index contributed by atoms with van der Waals surface area (Å²) in [7, 11) is 0. The molecule has 0 aliphatic carbocycles. The minimum absolute atomic E-state index is 0.0922. The molecule has 2 saturated heterocycles. The highest BCUT2D eigenvalue weighted by molar-refractivity contribution is 5.94. The zero-order valence-electron chi connectivity index (χ0n) is 15.4. The van der Waals surface area contributed by atoms with E-state index in [-0.39, 0.29) is 17.9 Å². The lowest BCUT2D eigenvalue weighted by Gasteiger charge is -2.35. The van der Waals surface area contributed by atoms with Gasteiger partial charge in [0.05, 0.1) is 19.3 Å². The van der Waals surface area contributed by atoms with Crippen molar-refractivity contribution in [3.05, 3.63) is 29.7 Å². The topological polar surface area (TPSA) is 91.7 Å². The van der Waals surface area contributed by atoms with E-state index in [4.69, 9.17) is 9.15 Å². The lowest BCUT2D eigenvalue weighted by Crippen LogP contribution is -2.50. The first-order valence-electron chi connectivity index (χ1n) is 9.40. The molecule has 0 aromatic carbocycles. The average molecular weight is 372 g/mol. The summed E-state index contributed by atoms with van der Waals surface area (Å²) in [6.45, 7) is 4.78. The lowest BCUT2D eigenvalue weighted by atomic mass is 10.1. The SMILES string of the molecule is Cc1ccc(-c2cc(C(=O)N3CCOCC3CC(=O)N3CCCC3)n[nH]2)o1. The molecule has 1 unspecified atom stereocenters. The smallest absolute Gasteiger partial charge is 0.274 e. The number of hydrogen-bond acceptors (Lipinski definition) is 5. The van der Waals surface area contributed by atoms with Crippen LogP contribution in [0.3, 0.4) is 0 Å². The number of likely N-dealkylation sites (tertiary alicyclic amines) is 1. The van der Waals surface area contributed by atoms with Crippen molar-refractivity contribution in [1.29, 1.82) is 0 Å². The van der Waals surface area contributed by atoms with E-state index in [2.05, 4.69) is 10.2 Å². The molecule has 2 aliphatic heterocycles. The molecule has 2 amide bonds. The Labute approximate surface area is 157 Å². The van der Waals surface area contributed by atoms with Crippen molar-refractivity contribution in [3.8, 4) is 11.5 Å². The molecule has 4 rings (SSSR count). The second-order valence-corrected chi connectivity index (χ2v) is 7.10. The van der Waals surface area contributed by atoms with E-state index in [9.17, 15) is 9.59 Å². The lowest BCUT2D eigenvalue weighted by molar-refractivity contribution is -0.132. The summed E-state index contributed by atoms with van der Waals surface area (Å²) in [5.41, 5.74) is 0.976. The number of aromatic amines is 1. The maximum absolute atomic E-state index is 13.0. The van der Waals surface area contributed by atoms with Gasteiger partial charge in [-0.3, -0.25) is 14.7 Å². The predicted molar refractivity (Wildman–Crippen MR) is 97.1 cm³/mol. The summed E-state index contributed by atoms with van der Waals surface area (Å²) >= 11 is 0. The van der Waals surface area contributed by atoms with Crippen molar-refractivity contribution in [2.75, 3.05) is 32.8 Å². The van der Waals surface area contributed by atoms with Gasteiger partial charge in [0.25, 0.3) is 5.91 Å². The van der Waals surface area contributed by atoms with Gasteiger partial charge in [-0.25, -0.2) is 0 Å². The molecule has 0 radical (unpaired) electrons. The maximum atomic E-state index is 13.0. The molecule has 8 heteroatoms. The Balaban J connectivity index is 1.47. The maximum Gasteiger partial charge on any atom is 0.274 e. The van der Waals surface area contributed by atoms with E-state index in [0.717, 1.165) is 31.7 Å². The monoisotopic (exact) mass is 372 g/mol. The number of H-pyrrole nitrogens is 1. The van der Waals surface area contributed by atoms with E-state index in [1.165, 1.54) is 0 Å². The van der Waals surface area contributed by atoms with E-state index in [1.54, 1.807) is 11.0 Å². The molecular weight excluding hydrogens is 348 g/mol. The fraction of sp³-hybridized carbons (Fsp3) is 0.526. The highest BCUT2D eigenvalue weighted by Gasteiger charge is 2.32. The summed E-state index contributed by atoms with van der Waals surface area (Å²) in [6, 6.07) is 5.13. The van der Waals surface area contributed by atoms with Gasteiger partial charge >= 0.3 is 0 Å². The Bertz CT molecular complexity index is 821. The van der Waals surface area contributed by atoms with Crippen LogP contribution in [0.25, 0.3) is 11.5 Å². The van der Waals surface area contributed by atoms with Gasteiger partial charge in [-0.2, -0.15) is 5.10 Å². The third-order valence-electron chi connectivity index (χ3n) is 5.16. The van der Waals surface area contributed by atoms with Crippen LogP contribution in [-0.4, -0.2) is 70.7 Å². The minimum Gasteiger partial charge on any atom is -0.460 e. The summed E-state index contributed by atoms with van der Waals surface area (Å²) in [4.78, 5) is 29.1. The predicted octanol–water partition coefficient (Wildman–Crippen LogP) is 1.83. The second kappa shape index (κ2) is 7.56. The number of aryl methyl sites for hydroxylation is 1. The number of hydrogen-bond donors (Lipinski definition) is 1. The van der Waals surface area contributed by atoms with E-state index in [1.807, 2.05) is 24.0 Å². The zero-order valence-corrected chi connectivity index (χ0v) is 15.4. The van der Waals surface area contributed by atoms with E-state index >= 15 is 0 Å². The molecule has 0 spiro atoms. The first kappa shape index (κ1) is 17.8. The highest BCUT2D eigenvalue weighted by Crippen LogP contribution is 2.22. The molecule has 2 aliphatic rings. The second-order valence-electron chi connectivity index (χ2n) is 7.10. The molecule has 4 heterocycles. The number of morpholine rings is 1. The van der Waals surface area contributed by atoms with Crippen LogP contribution in [-0.2, 0) is 9.53 Å². The Hall–Kier alpha value is -2.61. The van der Waals surface area contributed by atoms with Gasteiger partial charge in [0.1, 0.15) is 11.5 Å². The minimum atomic E-state index is -0.259. The van der Waals surface area contributed by atoms with Crippen LogP contribution >= 0.6 is 0 Å². The number of nitrogens with one attached hydrogen (secondary N) is 1. The standard InChI is InChI=1S/C19H24N4O4/c1-13-4-5-17(27-13)15-11-16(21-20-15)19(25)23-8-9-26-12-14(23)10-18(24)22-6-2-3-7-22/h4-5,11,14H,2-3,6-10,12H2,1H3,(H,20,21). The Kier molecular flexibility index (Phi) is 4.98. The molecule has 0 saturated carbocycles. The Morgan fingerprint density at radius 2 is 2.07 bits per heavy atom. The molecule has 144 valence electrons. The fourth-order valence-corrected chi connectivity index (χ4v) is 3.67. The van der Waals surface area contributed by atoms with E-state index in [0.29, 0.717) is 43.3 Å². The normalized spacial score (nSPS) is 20.3. The first-order chi connectivity index (χ1) is 13.1. The highest BCUT2D eigenvalue weighted by atomic mass is 16.5. The third-order valence-corrected chi connectivity index (χ3v) is 5.16. The molecule has 1 atom stereocenters. The molecule has 8 nitrogen and oxygen atoms in total. The third kappa shape index (κ3) is 3.75. The number of aromatic nitrogens is 2. The molecule has 1 N–H and O–H groups in total. The van der Waals surface area contributed by atoms with Gasteiger partial charge in [0, 0.05) is 32.1 Å². The number of nitrogens with zero attached hydrogens (tertiary/aromatic N) is 3. The van der Waals surface area contributed by atoms with Crippen LogP contribution < -0.4 is 0 Å². The summed E-state index contributed by atoms with van der Waals surface area (Å²) in [5, 5.41) is 7.01. The molecule has 0 bridgehead atoms. The van der Waals surface area contributed by atoms with Gasteiger partial charge < -0.3 is 19.0 Å². The summed E-state index contributed by atoms with van der Waals surface area (Å²) in [6.07, 6.45) is 2.40. The summed E-state index contributed by atoms with van der Waals surface area (Å²) < 4.78 is 11.1. The average Bonchev–Trinajstić information content (AvgIpc) is 3.42. The van der Waals surface area contributed by atoms with Gasteiger partial charge in [-0.15, -0.1) is 0 Å². The van der Waals surface area contributed by atoms with Gasteiger partial charge in [-0.1, -0.05) is 0 Å². The van der Waals surface area contributed by atoms with Crippen LogP contribution in [0.4, 0.5) is 0 Å². The van der Waals surface area contributed by atoms with Gasteiger partial charge in [-0.05, 0) is 31.9 Å². The zero-order chi connectivity index (χ0) is 18.8. The fourth-order valence-electron chi connectivity index (χ4n) is 3.67. The molecule has 2 aromatic rings. The molecular formula is C19H24N4O4. The number of furan rings is 1. The van der Waals surface area contributed by atoms with Crippen LogP contribution in [0.15, 0.2) is 22.6 Å². The summed E-state index contributed by atoms with van der Waals surface area (Å²) in [5.74, 6) is 1.33.